The van der Waals surface area contributed by atoms with Gasteiger partial charge in [0.05, 0.1) is 28.5 Å². The monoisotopic (exact) mass is 343 g/mol. The number of anilines is 1. The van der Waals surface area contributed by atoms with E-state index in [1.807, 2.05) is 25.1 Å². The molecule has 0 saturated carbocycles. The number of nitrogens with zero attached hydrogens (tertiary/aromatic N) is 1. The quantitative estimate of drug-likeness (QED) is 0.831. The number of para-hydroxylation sites is 1. The molecule has 0 aliphatic carbocycles. The molecule has 0 radical (unpaired) electrons. The van der Waals surface area contributed by atoms with Crippen LogP contribution in [-0.4, -0.2) is 14.7 Å². The van der Waals surface area contributed by atoms with Crippen LogP contribution >= 0.6 is 23.2 Å². The van der Waals surface area contributed by atoms with E-state index >= 15 is 0 Å². The van der Waals surface area contributed by atoms with Crippen LogP contribution in [0, 0.1) is 6.92 Å². The van der Waals surface area contributed by atoms with E-state index in [0.717, 1.165) is 11.1 Å². The van der Waals surface area contributed by atoms with E-state index in [9.17, 15) is 8.42 Å². The minimum Gasteiger partial charge on any atom is -0.266 e. The van der Waals surface area contributed by atoms with Crippen molar-refractivity contribution < 1.29 is 8.42 Å². The van der Waals surface area contributed by atoms with Crippen molar-refractivity contribution in [3.05, 3.63) is 63.6 Å². The zero-order chi connectivity index (χ0) is 15.6. The third-order valence-corrected chi connectivity index (χ3v) is 4.96. The summed E-state index contributed by atoms with van der Waals surface area (Å²) in [5.41, 5.74) is 2.33. The second kappa shape index (κ2) is 6.26. The molecule has 0 aliphatic heterocycles. The number of rotatable bonds is 4. The molecular weight excluding hydrogens is 329 g/mol. The van der Waals surface area contributed by atoms with Crippen molar-refractivity contribution in [2.45, 2.75) is 13.5 Å². The van der Waals surface area contributed by atoms with Gasteiger partial charge in [-0.05, 0) is 36.2 Å². The summed E-state index contributed by atoms with van der Waals surface area (Å²) in [6.45, 7) is 2.09. The molecule has 0 heterocycles. The lowest BCUT2D eigenvalue weighted by Gasteiger charge is -2.24. The molecule has 2 rings (SSSR count). The highest BCUT2D eigenvalue weighted by Crippen LogP contribution is 2.27. The van der Waals surface area contributed by atoms with Crippen LogP contribution in [0.15, 0.2) is 42.5 Å². The van der Waals surface area contributed by atoms with Crippen molar-refractivity contribution in [2.24, 2.45) is 0 Å². The molecular formula is C15H15Cl2NO2S. The molecule has 0 unspecified atom stereocenters. The maximum absolute atomic E-state index is 12.1. The SMILES string of the molecule is Cc1ccccc1N(Cc1ccc(Cl)c(Cl)c1)S(C)(=O)=O. The molecule has 0 amide bonds. The molecule has 6 heteroatoms. The molecule has 112 valence electrons. The van der Waals surface area contributed by atoms with Crippen LogP contribution in [-0.2, 0) is 16.6 Å². The lowest BCUT2D eigenvalue weighted by molar-refractivity contribution is 0.596. The standard InChI is InChI=1S/C15H15Cl2NO2S/c1-11-5-3-4-6-15(11)18(21(2,19)20)10-12-7-8-13(16)14(17)9-12/h3-9H,10H2,1-2H3. The van der Waals surface area contributed by atoms with E-state index in [4.69, 9.17) is 23.2 Å². The van der Waals surface area contributed by atoms with E-state index in [0.29, 0.717) is 15.7 Å². The van der Waals surface area contributed by atoms with Gasteiger partial charge in [-0.3, -0.25) is 4.31 Å². The Hall–Kier alpha value is -1.23. The molecule has 3 nitrogen and oxygen atoms in total. The predicted octanol–water partition coefficient (Wildman–Crippen LogP) is 4.27. The lowest BCUT2D eigenvalue weighted by Crippen LogP contribution is -2.29. The van der Waals surface area contributed by atoms with Crippen LogP contribution in [0.3, 0.4) is 0 Å². The van der Waals surface area contributed by atoms with Gasteiger partial charge in [0.2, 0.25) is 10.0 Å². The Balaban J connectivity index is 2.43. The average Bonchev–Trinajstić information content (AvgIpc) is 2.40. The summed E-state index contributed by atoms with van der Waals surface area (Å²) in [6, 6.07) is 12.5. The zero-order valence-electron chi connectivity index (χ0n) is 11.7. The fourth-order valence-corrected chi connectivity index (χ4v) is 3.29. The molecule has 21 heavy (non-hydrogen) atoms. The van der Waals surface area contributed by atoms with Crippen molar-refractivity contribution in [1.29, 1.82) is 0 Å². The van der Waals surface area contributed by atoms with Crippen LogP contribution in [0.4, 0.5) is 5.69 Å². The summed E-state index contributed by atoms with van der Waals surface area (Å²) in [6.07, 6.45) is 1.19. The van der Waals surface area contributed by atoms with Crippen molar-refractivity contribution in [2.75, 3.05) is 10.6 Å². The first-order chi connectivity index (χ1) is 9.79. The van der Waals surface area contributed by atoms with Gasteiger partial charge in [-0.25, -0.2) is 8.42 Å². The summed E-state index contributed by atoms with van der Waals surface area (Å²) in [5.74, 6) is 0. The summed E-state index contributed by atoms with van der Waals surface area (Å²) < 4.78 is 25.6. The molecule has 2 aromatic rings. The minimum absolute atomic E-state index is 0.209. The van der Waals surface area contributed by atoms with Gasteiger partial charge >= 0.3 is 0 Å². The van der Waals surface area contributed by atoms with Crippen molar-refractivity contribution in [3.8, 4) is 0 Å². The highest BCUT2D eigenvalue weighted by Gasteiger charge is 2.19. The third kappa shape index (κ3) is 3.90. The Labute approximate surface area is 135 Å². The van der Waals surface area contributed by atoms with Gasteiger partial charge < -0.3 is 0 Å². The Bertz CT molecular complexity index is 760. The highest BCUT2D eigenvalue weighted by atomic mass is 35.5. The number of hydrogen-bond acceptors (Lipinski definition) is 2. The van der Waals surface area contributed by atoms with Gasteiger partial charge in [0.25, 0.3) is 0 Å². The number of aryl methyl sites for hydroxylation is 1. The summed E-state index contributed by atoms with van der Waals surface area (Å²) in [4.78, 5) is 0. The summed E-state index contributed by atoms with van der Waals surface area (Å²) >= 11 is 11.9. The Morgan fingerprint density at radius 1 is 1.05 bits per heavy atom. The van der Waals surface area contributed by atoms with Crippen molar-refractivity contribution >= 4 is 38.9 Å². The Morgan fingerprint density at radius 2 is 1.71 bits per heavy atom. The van der Waals surface area contributed by atoms with Gasteiger partial charge in [0.1, 0.15) is 0 Å². The molecule has 0 aromatic heterocycles. The van der Waals surface area contributed by atoms with Crippen LogP contribution in [0.1, 0.15) is 11.1 Å². The minimum atomic E-state index is -3.40. The van der Waals surface area contributed by atoms with E-state index in [-0.39, 0.29) is 6.54 Å². The van der Waals surface area contributed by atoms with Gasteiger partial charge in [-0.15, -0.1) is 0 Å². The van der Waals surface area contributed by atoms with Gasteiger partial charge in [-0.2, -0.15) is 0 Å². The average molecular weight is 344 g/mol. The largest absolute Gasteiger partial charge is 0.266 e. The molecule has 2 aromatic carbocycles. The van der Waals surface area contributed by atoms with E-state index in [2.05, 4.69) is 0 Å². The van der Waals surface area contributed by atoms with Crippen LogP contribution in [0.5, 0.6) is 0 Å². The number of sulfonamides is 1. The normalized spacial score (nSPS) is 11.4. The number of halogens is 2. The maximum atomic E-state index is 12.1. The molecule has 0 bridgehead atoms. The maximum Gasteiger partial charge on any atom is 0.232 e. The van der Waals surface area contributed by atoms with E-state index in [1.54, 1.807) is 24.3 Å². The zero-order valence-corrected chi connectivity index (χ0v) is 14.0. The second-order valence-electron chi connectivity index (χ2n) is 4.80. The van der Waals surface area contributed by atoms with Crippen LogP contribution in [0.25, 0.3) is 0 Å². The molecule has 0 aliphatic rings. The first-order valence-corrected chi connectivity index (χ1v) is 8.87. The summed E-state index contributed by atoms with van der Waals surface area (Å²) in [7, 11) is -3.40. The number of hydrogen-bond donors (Lipinski definition) is 0. The van der Waals surface area contributed by atoms with Gasteiger partial charge in [0, 0.05) is 0 Å². The second-order valence-corrected chi connectivity index (χ2v) is 7.53. The highest BCUT2D eigenvalue weighted by molar-refractivity contribution is 7.92. The van der Waals surface area contributed by atoms with Crippen molar-refractivity contribution in [3.63, 3.8) is 0 Å². The predicted molar refractivity (Wildman–Crippen MR) is 88.7 cm³/mol. The molecule has 0 saturated heterocycles. The topological polar surface area (TPSA) is 37.4 Å². The van der Waals surface area contributed by atoms with E-state index in [1.165, 1.54) is 10.6 Å². The van der Waals surface area contributed by atoms with Crippen LogP contribution in [0.2, 0.25) is 10.0 Å². The summed E-state index contributed by atoms with van der Waals surface area (Å²) in [5, 5.41) is 0.856. The number of benzene rings is 2. The van der Waals surface area contributed by atoms with Gasteiger partial charge in [0.15, 0.2) is 0 Å². The lowest BCUT2D eigenvalue weighted by atomic mass is 10.2. The molecule has 0 atom stereocenters. The molecule has 0 N–H and O–H groups in total. The van der Waals surface area contributed by atoms with Crippen molar-refractivity contribution in [1.82, 2.24) is 0 Å². The smallest absolute Gasteiger partial charge is 0.232 e. The fourth-order valence-electron chi connectivity index (χ4n) is 2.03. The van der Waals surface area contributed by atoms with Crippen LogP contribution < -0.4 is 4.31 Å². The first kappa shape index (κ1) is 16.1. The first-order valence-electron chi connectivity index (χ1n) is 6.26. The van der Waals surface area contributed by atoms with E-state index < -0.39 is 10.0 Å². The molecule has 0 fully saturated rings. The third-order valence-electron chi connectivity index (χ3n) is 3.09. The Kier molecular flexibility index (Phi) is 4.81. The fraction of sp³-hybridized carbons (Fsp3) is 0.200. The Morgan fingerprint density at radius 3 is 2.29 bits per heavy atom. The molecule has 0 spiro atoms. The van der Waals surface area contributed by atoms with Gasteiger partial charge in [-0.1, -0.05) is 47.5 Å².